The Balaban J connectivity index is 1.86. The van der Waals surface area contributed by atoms with Gasteiger partial charge in [0.1, 0.15) is 12.7 Å². The van der Waals surface area contributed by atoms with Crippen LogP contribution in [0.15, 0.2) is 10.3 Å². The first kappa shape index (κ1) is 11.4. The minimum absolute atomic E-state index is 0.104. The zero-order chi connectivity index (χ0) is 11.4. The largest absolute Gasteiger partial charge is 0.319 e. The smallest absolute Gasteiger partial charge is 0.224 e. The van der Waals surface area contributed by atoms with Crippen molar-refractivity contribution in [3.05, 3.63) is 0 Å². The Morgan fingerprint density at radius 3 is 3.00 bits per heavy atom. The number of hydrogen-bond donors (Lipinski definition) is 0. The van der Waals surface area contributed by atoms with Crippen LogP contribution in [0.5, 0.6) is 0 Å². The first-order valence-electron chi connectivity index (χ1n) is 6.26. The second-order valence-electron chi connectivity index (χ2n) is 4.45. The van der Waals surface area contributed by atoms with Gasteiger partial charge in [-0.2, -0.15) is 5.11 Å². The molecule has 1 amide bonds. The van der Waals surface area contributed by atoms with E-state index in [9.17, 15) is 4.79 Å². The van der Waals surface area contributed by atoms with Crippen molar-refractivity contribution in [3.63, 3.8) is 0 Å². The lowest BCUT2D eigenvalue weighted by Crippen LogP contribution is -2.46. The van der Waals surface area contributed by atoms with Crippen LogP contribution in [0, 0.1) is 0 Å². The average Bonchev–Trinajstić information content (AvgIpc) is 2.87. The topological polar surface area (TPSA) is 48.3 Å². The minimum Gasteiger partial charge on any atom is -0.319 e. The van der Waals surface area contributed by atoms with E-state index in [-0.39, 0.29) is 12.1 Å². The average molecular weight is 224 g/mol. The van der Waals surface area contributed by atoms with E-state index in [4.69, 9.17) is 0 Å². The van der Waals surface area contributed by atoms with E-state index in [1.165, 1.54) is 12.8 Å². The van der Waals surface area contributed by atoms with E-state index in [0.29, 0.717) is 13.0 Å². The number of rotatable bonds is 5. The fraction of sp³-hybridized carbons (Fsp3) is 0.909. The molecule has 1 unspecified atom stereocenters. The lowest BCUT2D eigenvalue weighted by atomic mass is 10.2. The molecule has 0 aromatic carbocycles. The second kappa shape index (κ2) is 5.27. The molecule has 0 aliphatic carbocycles. The number of hydrogen-bond acceptors (Lipinski definition) is 4. The molecule has 0 radical (unpaired) electrons. The fourth-order valence-corrected chi connectivity index (χ4v) is 2.31. The Morgan fingerprint density at radius 1 is 1.44 bits per heavy atom. The third kappa shape index (κ3) is 2.33. The second-order valence-corrected chi connectivity index (χ2v) is 4.45. The molecule has 5 heteroatoms. The first-order valence-corrected chi connectivity index (χ1v) is 6.26. The number of amides is 1. The molecule has 2 aliphatic rings. The molecule has 5 nitrogen and oxygen atoms in total. The molecule has 16 heavy (non-hydrogen) atoms. The van der Waals surface area contributed by atoms with Gasteiger partial charge in [-0.25, -0.2) is 0 Å². The van der Waals surface area contributed by atoms with Crippen LogP contribution in [0.3, 0.4) is 0 Å². The third-order valence-electron chi connectivity index (χ3n) is 3.23. The van der Waals surface area contributed by atoms with Crippen LogP contribution >= 0.6 is 0 Å². The molecular weight excluding hydrogens is 204 g/mol. The molecule has 2 aliphatic heterocycles. The van der Waals surface area contributed by atoms with Crippen molar-refractivity contribution >= 4 is 5.91 Å². The Labute approximate surface area is 96.5 Å². The highest BCUT2D eigenvalue weighted by atomic mass is 16.2. The molecule has 0 N–H and O–H groups in total. The summed E-state index contributed by atoms with van der Waals surface area (Å²) in [4.78, 5) is 13.6. The van der Waals surface area contributed by atoms with Gasteiger partial charge in [-0.1, -0.05) is 25.0 Å². The summed E-state index contributed by atoms with van der Waals surface area (Å²) in [5.41, 5.74) is 0. The van der Waals surface area contributed by atoms with Crippen molar-refractivity contribution in [2.45, 2.75) is 45.2 Å². The van der Waals surface area contributed by atoms with Crippen molar-refractivity contribution < 1.29 is 4.79 Å². The van der Waals surface area contributed by atoms with E-state index >= 15 is 0 Å². The van der Waals surface area contributed by atoms with Crippen molar-refractivity contribution in [2.24, 2.45) is 10.3 Å². The molecule has 1 atom stereocenters. The van der Waals surface area contributed by atoms with Crippen LogP contribution in [0.4, 0.5) is 0 Å². The summed E-state index contributed by atoms with van der Waals surface area (Å²) in [5, 5.41) is 10.2. The molecule has 0 aromatic rings. The maximum absolute atomic E-state index is 11.7. The maximum atomic E-state index is 11.7. The number of unbranched alkanes of at least 4 members (excludes halogenated alkanes) is 2. The van der Waals surface area contributed by atoms with E-state index in [1.807, 2.05) is 9.91 Å². The maximum Gasteiger partial charge on any atom is 0.224 e. The molecule has 0 spiro atoms. The number of likely N-dealkylation sites (tertiary alicyclic amines) is 1. The lowest BCUT2D eigenvalue weighted by Gasteiger charge is -2.29. The minimum atomic E-state index is 0.104. The van der Waals surface area contributed by atoms with Gasteiger partial charge in [0, 0.05) is 19.5 Å². The number of carbonyl (C=O) groups excluding carboxylic acids is 1. The summed E-state index contributed by atoms with van der Waals surface area (Å²) >= 11 is 0. The monoisotopic (exact) mass is 224 g/mol. The van der Waals surface area contributed by atoms with Crippen molar-refractivity contribution in [2.75, 3.05) is 19.6 Å². The van der Waals surface area contributed by atoms with Crippen LogP contribution in [0.25, 0.3) is 0 Å². The van der Waals surface area contributed by atoms with Gasteiger partial charge in [0.2, 0.25) is 5.91 Å². The molecule has 90 valence electrons. The van der Waals surface area contributed by atoms with E-state index in [2.05, 4.69) is 17.3 Å². The molecule has 0 aromatic heterocycles. The summed E-state index contributed by atoms with van der Waals surface area (Å²) in [7, 11) is 0. The quantitative estimate of drug-likeness (QED) is 0.669. The number of nitrogens with zero attached hydrogens (tertiary/aromatic N) is 4. The Hall–Kier alpha value is -1.13. The van der Waals surface area contributed by atoms with Gasteiger partial charge in [-0.15, -0.1) is 0 Å². The Bertz CT molecular complexity index is 279. The third-order valence-corrected chi connectivity index (χ3v) is 3.23. The SMILES string of the molecule is CCCCCN1N=NCC1N1CCCC1=O. The van der Waals surface area contributed by atoms with Gasteiger partial charge in [0.25, 0.3) is 0 Å². The predicted octanol–water partition coefficient (Wildman–Crippen LogP) is 1.81. The van der Waals surface area contributed by atoms with Gasteiger partial charge in [0.15, 0.2) is 0 Å². The highest BCUT2D eigenvalue weighted by Gasteiger charge is 2.33. The van der Waals surface area contributed by atoms with E-state index in [1.54, 1.807) is 0 Å². The van der Waals surface area contributed by atoms with Crippen LogP contribution in [-0.2, 0) is 4.79 Å². The molecular formula is C11H20N4O. The van der Waals surface area contributed by atoms with Gasteiger partial charge in [-0.3, -0.25) is 9.80 Å². The fourth-order valence-electron chi connectivity index (χ4n) is 2.31. The number of carbonyl (C=O) groups is 1. The Morgan fingerprint density at radius 2 is 2.31 bits per heavy atom. The zero-order valence-electron chi connectivity index (χ0n) is 9.93. The van der Waals surface area contributed by atoms with Crippen molar-refractivity contribution in [1.82, 2.24) is 9.91 Å². The van der Waals surface area contributed by atoms with Crippen LogP contribution in [-0.4, -0.2) is 41.6 Å². The molecule has 0 bridgehead atoms. The van der Waals surface area contributed by atoms with Crippen LogP contribution < -0.4 is 0 Å². The summed E-state index contributed by atoms with van der Waals surface area (Å²) in [6.45, 7) is 4.63. The van der Waals surface area contributed by atoms with Gasteiger partial charge in [-0.05, 0) is 12.8 Å². The van der Waals surface area contributed by atoms with Gasteiger partial charge < -0.3 is 4.90 Å². The van der Waals surface area contributed by atoms with Crippen molar-refractivity contribution in [3.8, 4) is 0 Å². The first-order chi connectivity index (χ1) is 7.83. The van der Waals surface area contributed by atoms with Crippen LogP contribution in [0.2, 0.25) is 0 Å². The van der Waals surface area contributed by atoms with Crippen molar-refractivity contribution in [1.29, 1.82) is 0 Å². The lowest BCUT2D eigenvalue weighted by molar-refractivity contribution is -0.132. The highest BCUT2D eigenvalue weighted by molar-refractivity contribution is 5.78. The summed E-state index contributed by atoms with van der Waals surface area (Å²) in [6.07, 6.45) is 5.34. The highest BCUT2D eigenvalue weighted by Crippen LogP contribution is 2.21. The molecule has 2 rings (SSSR count). The molecule has 2 heterocycles. The Kier molecular flexibility index (Phi) is 3.74. The van der Waals surface area contributed by atoms with Gasteiger partial charge in [0.05, 0.1) is 0 Å². The summed E-state index contributed by atoms with van der Waals surface area (Å²) in [5.74, 6) is 0.262. The van der Waals surface area contributed by atoms with E-state index < -0.39 is 0 Å². The predicted molar refractivity (Wildman–Crippen MR) is 60.7 cm³/mol. The zero-order valence-corrected chi connectivity index (χ0v) is 9.93. The molecule has 0 saturated carbocycles. The molecule has 1 fully saturated rings. The van der Waals surface area contributed by atoms with Crippen LogP contribution in [0.1, 0.15) is 39.0 Å². The summed E-state index contributed by atoms with van der Waals surface area (Å²) in [6, 6.07) is 0. The summed E-state index contributed by atoms with van der Waals surface area (Å²) < 4.78 is 0. The van der Waals surface area contributed by atoms with Gasteiger partial charge >= 0.3 is 0 Å². The van der Waals surface area contributed by atoms with E-state index in [0.717, 1.165) is 25.9 Å². The standard InChI is InChI=1S/C11H20N4O/c1-2-3-4-8-15-10(9-12-13-15)14-7-5-6-11(14)16/h10H,2-9H2,1H3. The normalized spacial score (nSPS) is 24.8. The molecule has 1 saturated heterocycles.